The third-order valence-electron chi connectivity index (χ3n) is 1.57. The SMILES string of the molecule is N#Cc1cc(CCl)c(OC(F)(F)F)nc1N. The Bertz CT molecular complexity index is 441. The van der Waals surface area contributed by atoms with E-state index < -0.39 is 12.2 Å². The number of pyridine rings is 1. The summed E-state index contributed by atoms with van der Waals surface area (Å²) in [6.45, 7) is 0. The molecule has 0 unspecified atom stereocenters. The minimum atomic E-state index is -4.88. The summed E-state index contributed by atoms with van der Waals surface area (Å²) in [4.78, 5) is 3.33. The molecule has 0 spiro atoms. The summed E-state index contributed by atoms with van der Waals surface area (Å²) in [5.74, 6) is -1.34. The lowest BCUT2D eigenvalue weighted by molar-refractivity contribution is -0.276. The molecule has 86 valence electrons. The molecule has 0 aliphatic carbocycles. The number of nitrogen functional groups attached to an aromatic ring is 1. The van der Waals surface area contributed by atoms with Gasteiger partial charge in [0.05, 0.1) is 11.4 Å². The molecule has 2 N–H and O–H groups in total. The summed E-state index contributed by atoms with van der Waals surface area (Å²) in [5, 5.41) is 8.59. The standard InChI is InChI=1S/C8H5ClF3N3O/c9-2-4-1-5(3-13)6(14)15-7(4)16-8(10,11)12/h1H,2H2,(H2,14,15). The Hall–Kier alpha value is -1.68. The molecule has 16 heavy (non-hydrogen) atoms. The van der Waals surface area contributed by atoms with Gasteiger partial charge < -0.3 is 10.5 Å². The number of hydrogen-bond acceptors (Lipinski definition) is 4. The molecule has 0 bridgehead atoms. The molecule has 8 heteroatoms. The summed E-state index contributed by atoms with van der Waals surface area (Å²) >= 11 is 5.40. The van der Waals surface area contributed by atoms with Gasteiger partial charge in [-0.25, -0.2) is 0 Å². The monoisotopic (exact) mass is 251 g/mol. The lowest BCUT2D eigenvalue weighted by atomic mass is 10.2. The number of anilines is 1. The number of alkyl halides is 4. The summed E-state index contributed by atoms with van der Waals surface area (Å²) in [6.07, 6.45) is -4.88. The molecule has 4 nitrogen and oxygen atoms in total. The Balaban J connectivity index is 3.20. The second-order valence-electron chi connectivity index (χ2n) is 2.68. The number of rotatable bonds is 2. The number of nitrogens with two attached hydrogens (primary N) is 1. The van der Waals surface area contributed by atoms with Crippen LogP contribution in [0.5, 0.6) is 5.88 Å². The molecule has 0 aliphatic rings. The van der Waals surface area contributed by atoms with Crippen LogP contribution in [0.4, 0.5) is 19.0 Å². The zero-order chi connectivity index (χ0) is 12.3. The van der Waals surface area contributed by atoms with Gasteiger partial charge in [-0.15, -0.1) is 24.8 Å². The van der Waals surface area contributed by atoms with Crippen molar-refractivity contribution in [1.29, 1.82) is 5.26 Å². The van der Waals surface area contributed by atoms with E-state index in [4.69, 9.17) is 22.6 Å². The van der Waals surface area contributed by atoms with E-state index in [1.54, 1.807) is 6.07 Å². The van der Waals surface area contributed by atoms with Crippen molar-refractivity contribution in [3.8, 4) is 11.9 Å². The first-order valence-electron chi connectivity index (χ1n) is 3.88. The highest BCUT2D eigenvalue weighted by atomic mass is 35.5. The van der Waals surface area contributed by atoms with Crippen molar-refractivity contribution in [2.45, 2.75) is 12.2 Å². The molecule has 0 aromatic carbocycles. The van der Waals surface area contributed by atoms with Gasteiger partial charge in [0, 0.05) is 5.56 Å². The summed E-state index contributed by atoms with van der Waals surface area (Å²) < 4.78 is 39.5. The van der Waals surface area contributed by atoms with Gasteiger partial charge in [-0.1, -0.05) is 0 Å². The van der Waals surface area contributed by atoms with Gasteiger partial charge >= 0.3 is 6.36 Å². The fourth-order valence-corrected chi connectivity index (χ4v) is 1.13. The van der Waals surface area contributed by atoms with Gasteiger partial charge in [-0.05, 0) is 6.07 Å². The Morgan fingerprint density at radius 1 is 1.56 bits per heavy atom. The average Bonchev–Trinajstić information content (AvgIpc) is 2.16. The molecule has 0 saturated carbocycles. The van der Waals surface area contributed by atoms with Crippen molar-refractivity contribution in [2.24, 2.45) is 0 Å². The minimum Gasteiger partial charge on any atom is -0.387 e. The van der Waals surface area contributed by atoms with Gasteiger partial charge in [-0.3, -0.25) is 0 Å². The molecule has 0 saturated heterocycles. The molecule has 1 aromatic heterocycles. The van der Waals surface area contributed by atoms with Crippen LogP contribution in [0.15, 0.2) is 6.07 Å². The molecule has 0 amide bonds. The second kappa shape index (κ2) is 4.45. The van der Waals surface area contributed by atoms with Crippen LogP contribution in [-0.2, 0) is 5.88 Å². The van der Waals surface area contributed by atoms with E-state index in [1.807, 2.05) is 0 Å². The van der Waals surface area contributed by atoms with E-state index in [0.29, 0.717) is 0 Å². The molecule has 1 rings (SSSR count). The van der Waals surface area contributed by atoms with Gasteiger partial charge in [0.15, 0.2) is 0 Å². The molecule has 0 atom stereocenters. The maximum absolute atomic E-state index is 12.0. The van der Waals surface area contributed by atoms with Crippen LogP contribution in [0, 0.1) is 11.3 Å². The van der Waals surface area contributed by atoms with Gasteiger partial charge in [0.2, 0.25) is 5.88 Å². The molecular weight excluding hydrogens is 247 g/mol. The predicted molar refractivity (Wildman–Crippen MR) is 49.6 cm³/mol. The first-order chi connectivity index (χ1) is 7.37. The van der Waals surface area contributed by atoms with E-state index in [-0.39, 0.29) is 22.8 Å². The third kappa shape index (κ3) is 2.90. The van der Waals surface area contributed by atoms with Crippen LogP contribution in [0.1, 0.15) is 11.1 Å². The van der Waals surface area contributed by atoms with Crippen molar-refractivity contribution >= 4 is 17.4 Å². The Labute approximate surface area is 93.4 Å². The van der Waals surface area contributed by atoms with E-state index in [0.717, 1.165) is 6.07 Å². The quantitative estimate of drug-likeness (QED) is 0.818. The van der Waals surface area contributed by atoms with Crippen LogP contribution in [0.25, 0.3) is 0 Å². The topological polar surface area (TPSA) is 71.9 Å². The largest absolute Gasteiger partial charge is 0.574 e. The molecule has 0 radical (unpaired) electrons. The summed E-state index contributed by atoms with van der Waals surface area (Å²) in [6, 6.07) is 2.78. The number of nitrogens with zero attached hydrogens (tertiary/aromatic N) is 2. The summed E-state index contributed by atoms with van der Waals surface area (Å²) in [7, 11) is 0. The highest BCUT2D eigenvalue weighted by molar-refractivity contribution is 6.17. The summed E-state index contributed by atoms with van der Waals surface area (Å²) in [5.41, 5.74) is 5.15. The Morgan fingerprint density at radius 3 is 2.62 bits per heavy atom. The van der Waals surface area contributed by atoms with E-state index >= 15 is 0 Å². The zero-order valence-electron chi connectivity index (χ0n) is 7.68. The normalized spacial score (nSPS) is 10.9. The van der Waals surface area contributed by atoms with Crippen molar-refractivity contribution in [3.63, 3.8) is 0 Å². The smallest absolute Gasteiger partial charge is 0.387 e. The van der Waals surface area contributed by atoms with Gasteiger partial charge in [0.25, 0.3) is 0 Å². The zero-order valence-corrected chi connectivity index (χ0v) is 8.43. The Morgan fingerprint density at radius 2 is 2.19 bits per heavy atom. The van der Waals surface area contributed by atoms with E-state index in [9.17, 15) is 13.2 Å². The predicted octanol–water partition coefficient (Wildman–Crippen LogP) is 2.17. The highest BCUT2D eigenvalue weighted by Crippen LogP contribution is 2.28. The number of nitriles is 1. The number of ether oxygens (including phenoxy) is 1. The maximum Gasteiger partial charge on any atom is 0.574 e. The Kier molecular flexibility index (Phi) is 3.44. The lowest BCUT2D eigenvalue weighted by Gasteiger charge is -2.11. The molecule has 0 fully saturated rings. The van der Waals surface area contributed by atoms with E-state index in [2.05, 4.69) is 9.72 Å². The number of halogens is 4. The van der Waals surface area contributed by atoms with Crippen molar-refractivity contribution in [2.75, 3.05) is 5.73 Å². The van der Waals surface area contributed by atoms with Crippen LogP contribution >= 0.6 is 11.6 Å². The second-order valence-corrected chi connectivity index (χ2v) is 2.95. The van der Waals surface area contributed by atoms with Gasteiger partial charge in [0.1, 0.15) is 11.9 Å². The van der Waals surface area contributed by atoms with Crippen molar-refractivity contribution < 1.29 is 17.9 Å². The number of aromatic nitrogens is 1. The fourth-order valence-electron chi connectivity index (χ4n) is 0.935. The van der Waals surface area contributed by atoms with Crippen molar-refractivity contribution in [1.82, 2.24) is 4.98 Å². The highest BCUT2D eigenvalue weighted by Gasteiger charge is 2.33. The fraction of sp³-hybridized carbons (Fsp3) is 0.250. The first kappa shape index (κ1) is 12.4. The molecule has 1 heterocycles. The molecule has 1 aromatic rings. The lowest BCUT2D eigenvalue weighted by Crippen LogP contribution is -2.19. The average molecular weight is 252 g/mol. The van der Waals surface area contributed by atoms with Crippen LogP contribution in [0.3, 0.4) is 0 Å². The van der Waals surface area contributed by atoms with Gasteiger partial charge in [-0.2, -0.15) is 10.2 Å². The third-order valence-corrected chi connectivity index (χ3v) is 1.86. The van der Waals surface area contributed by atoms with Crippen LogP contribution in [0.2, 0.25) is 0 Å². The van der Waals surface area contributed by atoms with Crippen molar-refractivity contribution in [3.05, 3.63) is 17.2 Å². The minimum absolute atomic E-state index is 0.0508. The first-order valence-corrected chi connectivity index (χ1v) is 4.42. The van der Waals surface area contributed by atoms with Crippen LogP contribution in [-0.4, -0.2) is 11.3 Å². The number of hydrogen-bond donors (Lipinski definition) is 1. The molecule has 0 aliphatic heterocycles. The van der Waals surface area contributed by atoms with E-state index in [1.165, 1.54) is 0 Å². The van der Waals surface area contributed by atoms with Crippen LogP contribution < -0.4 is 10.5 Å². The maximum atomic E-state index is 12.0. The molecular formula is C8H5ClF3N3O.